The summed E-state index contributed by atoms with van der Waals surface area (Å²) in [6.45, 7) is 4.18. The summed E-state index contributed by atoms with van der Waals surface area (Å²) in [6.07, 6.45) is 0.674. The highest BCUT2D eigenvalue weighted by Crippen LogP contribution is 2.39. The van der Waals surface area contributed by atoms with Crippen molar-refractivity contribution in [2.24, 2.45) is 0 Å². The fourth-order valence-corrected chi connectivity index (χ4v) is 4.28. The monoisotopic (exact) mass is 458 g/mol. The van der Waals surface area contributed by atoms with Crippen molar-refractivity contribution in [1.82, 2.24) is 9.80 Å². The molecule has 2 aliphatic heterocycles. The second kappa shape index (κ2) is 9.81. The van der Waals surface area contributed by atoms with Crippen LogP contribution < -0.4 is 0 Å². The summed E-state index contributed by atoms with van der Waals surface area (Å²) in [5.74, 6) is -2.19. The van der Waals surface area contributed by atoms with Crippen LogP contribution in [0.2, 0.25) is 5.02 Å². The Bertz CT molecular complexity index is 1020. The molecule has 2 saturated heterocycles. The van der Waals surface area contributed by atoms with E-state index in [2.05, 4.69) is 4.90 Å². The molecule has 1 unspecified atom stereocenters. The number of halogens is 2. The van der Waals surface area contributed by atoms with Crippen LogP contribution in [-0.2, 0) is 14.3 Å². The minimum Gasteiger partial charge on any atom is -0.507 e. The Labute approximate surface area is 190 Å². The smallest absolute Gasteiger partial charge is 0.295 e. The van der Waals surface area contributed by atoms with Gasteiger partial charge in [-0.15, -0.1) is 0 Å². The number of rotatable bonds is 6. The zero-order chi connectivity index (χ0) is 22.7. The largest absolute Gasteiger partial charge is 0.507 e. The number of carbonyl (C=O) groups is 2. The number of morpholine rings is 1. The molecule has 0 radical (unpaired) electrons. The molecule has 168 valence electrons. The average molecular weight is 459 g/mol. The summed E-state index contributed by atoms with van der Waals surface area (Å²) in [4.78, 5) is 29.7. The summed E-state index contributed by atoms with van der Waals surface area (Å²) < 4.78 is 18.7. The summed E-state index contributed by atoms with van der Waals surface area (Å²) >= 11 is 6.03. The molecule has 0 aliphatic carbocycles. The van der Waals surface area contributed by atoms with Gasteiger partial charge in [0.25, 0.3) is 11.7 Å². The number of hydrogen-bond acceptors (Lipinski definition) is 5. The van der Waals surface area contributed by atoms with Crippen molar-refractivity contribution in [3.63, 3.8) is 0 Å². The van der Waals surface area contributed by atoms with Gasteiger partial charge in [-0.3, -0.25) is 14.5 Å². The Morgan fingerprint density at radius 1 is 1.03 bits per heavy atom. The highest BCUT2D eigenvalue weighted by molar-refractivity contribution is 6.46. The van der Waals surface area contributed by atoms with E-state index in [1.807, 2.05) is 0 Å². The van der Waals surface area contributed by atoms with Crippen LogP contribution in [0.15, 0.2) is 54.1 Å². The highest BCUT2D eigenvalue weighted by Gasteiger charge is 2.45. The van der Waals surface area contributed by atoms with E-state index < -0.39 is 23.5 Å². The molecule has 0 aromatic heterocycles. The third-order valence-corrected chi connectivity index (χ3v) is 6.07. The Balaban J connectivity index is 1.66. The van der Waals surface area contributed by atoms with Gasteiger partial charge in [0.05, 0.1) is 24.8 Å². The molecule has 2 aromatic carbocycles. The van der Waals surface area contributed by atoms with E-state index in [0.717, 1.165) is 19.6 Å². The van der Waals surface area contributed by atoms with E-state index in [1.54, 1.807) is 24.3 Å². The summed E-state index contributed by atoms with van der Waals surface area (Å²) in [5.41, 5.74) is 0.940. The number of Topliss-reactive ketones (excluding diaryl/α,β-unsaturated/α-hetero) is 1. The van der Waals surface area contributed by atoms with Gasteiger partial charge in [-0.2, -0.15) is 0 Å². The van der Waals surface area contributed by atoms with Crippen LogP contribution in [0.5, 0.6) is 0 Å². The zero-order valence-electron chi connectivity index (χ0n) is 17.5. The number of likely N-dealkylation sites (tertiary alicyclic amines) is 1. The number of ether oxygens (including phenoxy) is 1. The molecule has 2 fully saturated rings. The number of nitrogens with zero attached hydrogens (tertiary/aromatic N) is 2. The Morgan fingerprint density at radius 2 is 1.69 bits per heavy atom. The third-order valence-electron chi connectivity index (χ3n) is 5.82. The van der Waals surface area contributed by atoms with E-state index in [4.69, 9.17) is 16.3 Å². The summed E-state index contributed by atoms with van der Waals surface area (Å²) in [5, 5.41) is 11.5. The molecule has 8 heteroatoms. The van der Waals surface area contributed by atoms with Gasteiger partial charge in [0.15, 0.2) is 0 Å². The molecule has 1 amide bonds. The average Bonchev–Trinajstić information content (AvgIpc) is 3.05. The topological polar surface area (TPSA) is 70.1 Å². The number of aliphatic hydroxyl groups excluding tert-OH is 1. The van der Waals surface area contributed by atoms with E-state index in [1.165, 1.54) is 29.2 Å². The van der Waals surface area contributed by atoms with Crippen molar-refractivity contribution in [2.45, 2.75) is 12.5 Å². The van der Waals surface area contributed by atoms with Gasteiger partial charge in [0.1, 0.15) is 11.6 Å². The number of hydrogen-bond donors (Lipinski definition) is 1. The minimum atomic E-state index is -0.752. The minimum absolute atomic E-state index is 0.00435. The van der Waals surface area contributed by atoms with E-state index >= 15 is 0 Å². The van der Waals surface area contributed by atoms with Crippen molar-refractivity contribution in [2.75, 3.05) is 39.4 Å². The molecule has 0 spiro atoms. The molecule has 2 aromatic rings. The van der Waals surface area contributed by atoms with Crippen molar-refractivity contribution in [3.8, 4) is 0 Å². The van der Waals surface area contributed by atoms with Crippen LogP contribution in [0.25, 0.3) is 5.76 Å². The molecule has 1 N–H and O–H groups in total. The molecular formula is C24H24ClFN2O4. The molecule has 2 heterocycles. The fraction of sp³-hybridized carbons (Fsp3) is 0.333. The van der Waals surface area contributed by atoms with E-state index in [0.29, 0.717) is 36.8 Å². The first-order valence-electron chi connectivity index (χ1n) is 10.6. The zero-order valence-corrected chi connectivity index (χ0v) is 18.2. The quantitative estimate of drug-likeness (QED) is 0.407. The standard InChI is InChI=1S/C24H24ClFN2O4/c25-18-6-2-16(3-7-18)21-20(22(29)17-4-8-19(26)9-5-17)23(30)24(31)28(21)11-1-10-27-12-14-32-15-13-27/h2-9,21,29H,1,10-15H2/b22-20+. The summed E-state index contributed by atoms with van der Waals surface area (Å²) in [6, 6.07) is 11.3. The maximum absolute atomic E-state index is 13.3. The fourth-order valence-electron chi connectivity index (χ4n) is 4.15. The van der Waals surface area contributed by atoms with Crippen LogP contribution in [0.1, 0.15) is 23.6 Å². The summed E-state index contributed by atoms with van der Waals surface area (Å²) in [7, 11) is 0. The molecule has 0 saturated carbocycles. The van der Waals surface area contributed by atoms with Gasteiger partial charge in [-0.25, -0.2) is 4.39 Å². The number of benzene rings is 2. The maximum Gasteiger partial charge on any atom is 0.295 e. The predicted octanol–water partition coefficient (Wildman–Crippen LogP) is 3.62. The van der Waals surface area contributed by atoms with Crippen molar-refractivity contribution in [3.05, 3.63) is 76.1 Å². The van der Waals surface area contributed by atoms with Gasteiger partial charge in [-0.1, -0.05) is 23.7 Å². The predicted molar refractivity (Wildman–Crippen MR) is 119 cm³/mol. The van der Waals surface area contributed by atoms with Crippen LogP contribution in [0.4, 0.5) is 4.39 Å². The molecule has 4 rings (SSSR count). The van der Waals surface area contributed by atoms with Crippen LogP contribution in [0.3, 0.4) is 0 Å². The van der Waals surface area contributed by atoms with Gasteiger partial charge < -0.3 is 14.7 Å². The second-order valence-electron chi connectivity index (χ2n) is 7.86. The lowest BCUT2D eigenvalue weighted by Crippen LogP contribution is -2.38. The molecular weight excluding hydrogens is 435 g/mol. The van der Waals surface area contributed by atoms with Gasteiger partial charge in [0, 0.05) is 36.8 Å². The van der Waals surface area contributed by atoms with Gasteiger partial charge >= 0.3 is 0 Å². The van der Waals surface area contributed by atoms with Crippen LogP contribution in [-0.4, -0.2) is 66.0 Å². The lowest BCUT2D eigenvalue weighted by atomic mass is 9.95. The highest BCUT2D eigenvalue weighted by atomic mass is 35.5. The SMILES string of the molecule is O=C1C(=O)N(CCCN2CCOCC2)C(c2ccc(Cl)cc2)/C1=C(\O)c1ccc(F)cc1. The Morgan fingerprint density at radius 3 is 2.34 bits per heavy atom. The number of carbonyl (C=O) groups excluding carboxylic acids is 2. The van der Waals surface area contributed by atoms with Crippen LogP contribution >= 0.6 is 11.6 Å². The second-order valence-corrected chi connectivity index (χ2v) is 8.29. The van der Waals surface area contributed by atoms with Crippen LogP contribution in [0, 0.1) is 5.82 Å². The van der Waals surface area contributed by atoms with Crippen molar-refractivity contribution < 1.29 is 23.8 Å². The first-order chi connectivity index (χ1) is 15.5. The van der Waals surface area contributed by atoms with Gasteiger partial charge in [-0.05, 0) is 48.4 Å². The molecule has 0 bridgehead atoms. The van der Waals surface area contributed by atoms with Gasteiger partial charge in [0.2, 0.25) is 0 Å². The Hall–Kier alpha value is -2.74. The lowest BCUT2D eigenvalue weighted by molar-refractivity contribution is -0.140. The van der Waals surface area contributed by atoms with E-state index in [9.17, 15) is 19.1 Å². The molecule has 2 aliphatic rings. The number of aliphatic hydroxyl groups is 1. The van der Waals surface area contributed by atoms with Crippen molar-refractivity contribution in [1.29, 1.82) is 0 Å². The molecule has 32 heavy (non-hydrogen) atoms. The third kappa shape index (κ3) is 4.70. The Kier molecular flexibility index (Phi) is 6.89. The maximum atomic E-state index is 13.3. The first-order valence-corrected chi connectivity index (χ1v) is 10.9. The van der Waals surface area contributed by atoms with Crippen molar-refractivity contribution >= 4 is 29.1 Å². The number of ketones is 1. The molecule has 1 atom stereocenters. The van der Waals surface area contributed by atoms with E-state index in [-0.39, 0.29) is 16.9 Å². The number of amides is 1. The first kappa shape index (κ1) is 22.5. The normalized spacial score (nSPS) is 21.3. The lowest BCUT2D eigenvalue weighted by Gasteiger charge is -2.29. The molecule has 6 nitrogen and oxygen atoms in total.